The van der Waals surface area contributed by atoms with Crippen LogP contribution in [0.2, 0.25) is 0 Å². The molecule has 0 aliphatic carbocycles. The number of aryl methyl sites for hydroxylation is 1. The Morgan fingerprint density at radius 2 is 1.96 bits per heavy atom. The van der Waals surface area contributed by atoms with Crippen molar-refractivity contribution in [2.24, 2.45) is 0 Å². The molecule has 0 bridgehead atoms. The van der Waals surface area contributed by atoms with E-state index in [0.29, 0.717) is 39.3 Å². The summed E-state index contributed by atoms with van der Waals surface area (Å²) in [5.74, 6) is 1.68. The van der Waals surface area contributed by atoms with Crippen molar-refractivity contribution in [3.05, 3.63) is 59.3 Å². The average molecular weight is 372 g/mol. The minimum Gasteiger partial charge on any atom is -0.465 e. The third-order valence-corrected chi connectivity index (χ3v) is 5.55. The number of halogens is 1. The van der Waals surface area contributed by atoms with Gasteiger partial charge in [-0.05, 0) is 43.2 Å². The van der Waals surface area contributed by atoms with Crippen molar-refractivity contribution in [3.63, 3.8) is 0 Å². The van der Waals surface area contributed by atoms with Gasteiger partial charge in [0.1, 0.15) is 17.3 Å². The minimum atomic E-state index is -0.344. The van der Waals surface area contributed by atoms with Crippen LogP contribution in [0.5, 0.6) is 0 Å². The molecule has 1 atom stereocenters. The Kier molecular flexibility index (Phi) is 5.02. The van der Waals surface area contributed by atoms with E-state index >= 15 is 0 Å². The Balaban J connectivity index is 1.56. The molecule has 0 radical (unpaired) electrons. The van der Waals surface area contributed by atoms with E-state index in [1.807, 2.05) is 24.0 Å². The van der Waals surface area contributed by atoms with Crippen LogP contribution in [0.15, 0.2) is 40.8 Å². The zero-order valence-electron chi connectivity index (χ0n) is 15.6. The number of hydrogen-bond donors (Lipinski definition) is 0. The van der Waals surface area contributed by atoms with Gasteiger partial charge in [0.25, 0.3) is 0 Å². The Labute approximate surface area is 158 Å². The first-order valence-electron chi connectivity index (χ1n) is 9.44. The van der Waals surface area contributed by atoms with Crippen LogP contribution in [0.4, 0.5) is 4.39 Å². The molecule has 2 fully saturated rings. The van der Waals surface area contributed by atoms with Gasteiger partial charge in [-0.15, -0.1) is 0 Å². The third kappa shape index (κ3) is 3.92. The van der Waals surface area contributed by atoms with Gasteiger partial charge in [-0.3, -0.25) is 9.69 Å². The van der Waals surface area contributed by atoms with E-state index in [4.69, 9.17) is 9.15 Å². The summed E-state index contributed by atoms with van der Waals surface area (Å²) >= 11 is 0. The summed E-state index contributed by atoms with van der Waals surface area (Å²) in [6.07, 6.45) is 1.27. The molecule has 2 aromatic rings. The van der Waals surface area contributed by atoms with Crippen molar-refractivity contribution in [3.8, 4) is 0 Å². The summed E-state index contributed by atoms with van der Waals surface area (Å²) in [6.45, 7) is 5.74. The lowest BCUT2D eigenvalue weighted by Gasteiger charge is -2.40. The van der Waals surface area contributed by atoms with Gasteiger partial charge in [0.15, 0.2) is 0 Å². The second-order valence-corrected chi connectivity index (χ2v) is 7.61. The number of amides is 1. The van der Waals surface area contributed by atoms with E-state index in [-0.39, 0.29) is 17.3 Å². The molecule has 1 amide bonds. The highest BCUT2D eigenvalue weighted by Crippen LogP contribution is 2.32. The van der Waals surface area contributed by atoms with Crippen molar-refractivity contribution in [1.29, 1.82) is 0 Å². The maximum absolute atomic E-state index is 13.2. The van der Waals surface area contributed by atoms with Crippen molar-refractivity contribution in [1.82, 2.24) is 9.80 Å². The van der Waals surface area contributed by atoms with E-state index in [0.717, 1.165) is 30.0 Å². The normalized spacial score (nSPS) is 23.9. The second-order valence-electron chi connectivity index (χ2n) is 7.61. The molecule has 2 aliphatic heterocycles. The van der Waals surface area contributed by atoms with Crippen LogP contribution in [0.25, 0.3) is 0 Å². The van der Waals surface area contributed by atoms with Crippen molar-refractivity contribution in [2.75, 3.05) is 26.3 Å². The predicted molar refractivity (Wildman–Crippen MR) is 98.5 cm³/mol. The highest BCUT2D eigenvalue weighted by atomic mass is 19.1. The zero-order chi connectivity index (χ0) is 18.9. The number of carbonyl (C=O) groups is 1. The first kappa shape index (κ1) is 18.2. The van der Waals surface area contributed by atoms with Crippen LogP contribution in [0.1, 0.15) is 29.9 Å². The molecule has 2 aliphatic rings. The maximum Gasteiger partial charge on any atom is 0.224 e. The summed E-state index contributed by atoms with van der Waals surface area (Å²) in [4.78, 5) is 17.2. The number of rotatable bonds is 4. The van der Waals surface area contributed by atoms with E-state index in [1.165, 1.54) is 12.1 Å². The number of hydrogen-bond acceptors (Lipinski definition) is 4. The number of ether oxygens (including phenoxy) is 1. The van der Waals surface area contributed by atoms with Crippen LogP contribution >= 0.6 is 0 Å². The van der Waals surface area contributed by atoms with Gasteiger partial charge in [-0.25, -0.2) is 4.39 Å². The van der Waals surface area contributed by atoms with E-state index in [9.17, 15) is 9.18 Å². The monoisotopic (exact) mass is 372 g/mol. The van der Waals surface area contributed by atoms with Crippen LogP contribution in [-0.4, -0.2) is 47.5 Å². The van der Waals surface area contributed by atoms with Gasteiger partial charge in [0, 0.05) is 32.7 Å². The second kappa shape index (κ2) is 7.44. The molecule has 0 saturated carbocycles. The van der Waals surface area contributed by atoms with Crippen molar-refractivity contribution < 1.29 is 18.3 Å². The molecule has 1 aromatic carbocycles. The highest BCUT2D eigenvalue weighted by Gasteiger charge is 2.46. The van der Waals surface area contributed by atoms with Crippen LogP contribution in [-0.2, 0) is 22.6 Å². The lowest BCUT2D eigenvalue weighted by molar-refractivity contribution is -0.137. The maximum atomic E-state index is 13.2. The Morgan fingerprint density at radius 1 is 1.15 bits per heavy atom. The molecule has 1 unspecified atom stereocenters. The summed E-state index contributed by atoms with van der Waals surface area (Å²) in [5.41, 5.74) is 0.593. The molecule has 4 rings (SSSR count). The number of benzene rings is 1. The molecule has 0 N–H and O–H groups in total. The van der Waals surface area contributed by atoms with Crippen molar-refractivity contribution >= 4 is 5.91 Å². The highest BCUT2D eigenvalue weighted by molar-refractivity contribution is 5.77. The molecule has 6 heteroatoms. The largest absolute Gasteiger partial charge is 0.465 e. The molecule has 144 valence electrons. The Morgan fingerprint density at radius 3 is 2.63 bits per heavy atom. The van der Waals surface area contributed by atoms with Crippen molar-refractivity contribution in [2.45, 2.75) is 38.4 Å². The van der Waals surface area contributed by atoms with E-state index in [2.05, 4.69) is 4.90 Å². The van der Waals surface area contributed by atoms with Crippen LogP contribution in [0.3, 0.4) is 0 Å². The smallest absolute Gasteiger partial charge is 0.224 e. The standard InChI is InChI=1S/C21H25FN2O3/c1-16-2-7-19(27-16)13-23-10-8-20(25)24(21(14-23)9-11-26-15-21)12-17-3-5-18(22)6-4-17/h2-7H,8-15H2,1H3. The Bertz CT molecular complexity index is 796. The summed E-state index contributed by atoms with van der Waals surface area (Å²) in [5, 5.41) is 0. The van der Waals surface area contributed by atoms with Gasteiger partial charge in [0.05, 0.1) is 18.7 Å². The first-order valence-corrected chi connectivity index (χ1v) is 9.44. The SMILES string of the molecule is Cc1ccc(CN2CCC(=O)N(Cc3ccc(F)cc3)C3(CCOC3)C2)o1. The molecule has 5 nitrogen and oxygen atoms in total. The molecule has 1 aromatic heterocycles. The summed E-state index contributed by atoms with van der Waals surface area (Å²) < 4.78 is 24.7. The molecule has 1 spiro atoms. The topological polar surface area (TPSA) is 45.9 Å². The van der Waals surface area contributed by atoms with Gasteiger partial charge in [-0.1, -0.05) is 12.1 Å². The van der Waals surface area contributed by atoms with Gasteiger partial charge < -0.3 is 14.1 Å². The van der Waals surface area contributed by atoms with Gasteiger partial charge in [-0.2, -0.15) is 0 Å². The number of nitrogens with zero attached hydrogens (tertiary/aromatic N) is 2. The number of carbonyl (C=O) groups excluding carboxylic acids is 1. The molecule has 2 saturated heterocycles. The molecule has 3 heterocycles. The predicted octanol–water partition coefficient (Wildman–Crippen LogP) is 3.12. The fourth-order valence-electron chi connectivity index (χ4n) is 4.12. The molecular formula is C21H25FN2O3. The third-order valence-electron chi connectivity index (χ3n) is 5.55. The zero-order valence-corrected chi connectivity index (χ0v) is 15.6. The van der Waals surface area contributed by atoms with Crippen LogP contribution < -0.4 is 0 Å². The fraction of sp³-hybridized carbons (Fsp3) is 0.476. The summed E-state index contributed by atoms with van der Waals surface area (Å²) in [7, 11) is 0. The Hall–Kier alpha value is -2.18. The lowest BCUT2D eigenvalue weighted by atomic mass is 9.94. The van der Waals surface area contributed by atoms with E-state index in [1.54, 1.807) is 12.1 Å². The van der Waals surface area contributed by atoms with Gasteiger partial charge in [0.2, 0.25) is 5.91 Å². The van der Waals surface area contributed by atoms with E-state index < -0.39 is 0 Å². The van der Waals surface area contributed by atoms with Gasteiger partial charge >= 0.3 is 0 Å². The van der Waals surface area contributed by atoms with Crippen LogP contribution in [0, 0.1) is 12.7 Å². The first-order chi connectivity index (χ1) is 13.0. The average Bonchev–Trinajstić information content (AvgIpc) is 3.25. The minimum absolute atomic E-state index is 0.128. The molecular weight excluding hydrogens is 347 g/mol. The molecule has 27 heavy (non-hydrogen) atoms. The fourth-order valence-corrected chi connectivity index (χ4v) is 4.12. The number of furan rings is 1. The lowest BCUT2D eigenvalue weighted by Crippen LogP contribution is -2.55. The summed E-state index contributed by atoms with van der Waals surface area (Å²) in [6, 6.07) is 10.4. The quantitative estimate of drug-likeness (QED) is 0.827.